The van der Waals surface area contributed by atoms with Crippen LogP contribution in [0.3, 0.4) is 0 Å². The maximum Gasteiger partial charge on any atom is 0.127 e. The van der Waals surface area contributed by atoms with Crippen LogP contribution < -0.4 is 5.32 Å². The van der Waals surface area contributed by atoms with E-state index in [1.165, 1.54) is 12.5 Å². The predicted molar refractivity (Wildman–Crippen MR) is 74.5 cm³/mol. The van der Waals surface area contributed by atoms with Crippen LogP contribution in [0.1, 0.15) is 38.7 Å². The van der Waals surface area contributed by atoms with Crippen LogP contribution in [0.2, 0.25) is 5.02 Å². The van der Waals surface area contributed by atoms with Crippen LogP contribution in [-0.4, -0.2) is 12.6 Å². The van der Waals surface area contributed by atoms with Gasteiger partial charge in [0.1, 0.15) is 5.82 Å². The van der Waals surface area contributed by atoms with Gasteiger partial charge in [0.05, 0.1) is 0 Å². The molecule has 3 heteroatoms. The summed E-state index contributed by atoms with van der Waals surface area (Å²) in [6.45, 7) is 5.41. The van der Waals surface area contributed by atoms with Gasteiger partial charge in [0.2, 0.25) is 0 Å². The minimum absolute atomic E-state index is 0.171. The molecular weight excluding hydrogens is 249 g/mol. The topological polar surface area (TPSA) is 12.0 Å². The highest BCUT2D eigenvalue weighted by Crippen LogP contribution is 2.41. The lowest BCUT2D eigenvalue weighted by Gasteiger charge is -2.24. The van der Waals surface area contributed by atoms with E-state index in [1.807, 2.05) is 6.07 Å². The number of benzene rings is 1. The molecule has 100 valence electrons. The summed E-state index contributed by atoms with van der Waals surface area (Å²) in [4.78, 5) is 0. The second-order valence-electron chi connectivity index (χ2n) is 5.72. The highest BCUT2D eigenvalue weighted by molar-refractivity contribution is 6.30. The molecule has 1 N–H and O–H groups in total. The van der Waals surface area contributed by atoms with Crippen molar-refractivity contribution >= 4 is 11.6 Å². The van der Waals surface area contributed by atoms with Gasteiger partial charge in [-0.1, -0.05) is 31.5 Å². The molecule has 0 aliphatic heterocycles. The fourth-order valence-corrected chi connectivity index (χ4v) is 3.23. The molecule has 1 aliphatic carbocycles. The number of nitrogens with one attached hydrogen (secondary N) is 1. The summed E-state index contributed by atoms with van der Waals surface area (Å²) in [5, 5.41) is 3.96. The van der Waals surface area contributed by atoms with Crippen LogP contribution in [0.25, 0.3) is 0 Å². The average Bonchev–Trinajstić information content (AvgIpc) is 2.65. The van der Waals surface area contributed by atoms with Crippen LogP contribution >= 0.6 is 11.6 Å². The molecule has 18 heavy (non-hydrogen) atoms. The SMILES string of the molecule is CCNC1CCC(C)(Cc2ccc(Cl)cc2F)C1. The van der Waals surface area contributed by atoms with Gasteiger partial charge in [-0.15, -0.1) is 0 Å². The zero-order valence-electron chi connectivity index (χ0n) is 11.1. The minimum atomic E-state index is -0.171. The Balaban J connectivity index is 2.05. The van der Waals surface area contributed by atoms with Crippen LogP contribution in [-0.2, 0) is 6.42 Å². The molecule has 2 rings (SSSR count). The summed E-state index contributed by atoms with van der Waals surface area (Å²) < 4.78 is 13.8. The third-order valence-electron chi connectivity index (χ3n) is 3.96. The van der Waals surface area contributed by atoms with Crippen molar-refractivity contribution in [1.82, 2.24) is 5.32 Å². The van der Waals surface area contributed by atoms with E-state index in [0.717, 1.165) is 31.4 Å². The van der Waals surface area contributed by atoms with Crippen molar-refractivity contribution in [2.75, 3.05) is 6.54 Å². The molecule has 1 saturated carbocycles. The fraction of sp³-hybridized carbons (Fsp3) is 0.600. The lowest BCUT2D eigenvalue weighted by atomic mass is 9.82. The molecule has 0 amide bonds. The van der Waals surface area contributed by atoms with Gasteiger partial charge in [0, 0.05) is 11.1 Å². The Kier molecular flexibility index (Phi) is 4.29. The molecule has 0 spiro atoms. The van der Waals surface area contributed by atoms with Crippen molar-refractivity contribution in [2.45, 2.75) is 45.6 Å². The largest absolute Gasteiger partial charge is 0.314 e. The van der Waals surface area contributed by atoms with Gasteiger partial charge >= 0.3 is 0 Å². The lowest BCUT2D eigenvalue weighted by Crippen LogP contribution is -2.28. The van der Waals surface area contributed by atoms with Crippen molar-refractivity contribution in [3.8, 4) is 0 Å². The Labute approximate surface area is 114 Å². The first kappa shape index (κ1) is 13.8. The first-order valence-corrected chi connectivity index (χ1v) is 7.07. The van der Waals surface area contributed by atoms with E-state index in [1.54, 1.807) is 6.07 Å². The van der Waals surface area contributed by atoms with Crippen molar-refractivity contribution in [2.24, 2.45) is 5.41 Å². The molecule has 2 atom stereocenters. The van der Waals surface area contributed by atoms with Crippen molar-refractivity contribution in [1.29, 1.82) is 0 Å². The maximum atomic E-state index is 13.8. The third-order valence-corrected chi connectivity index (χ3v) is 4.20. The summed E-state index contributed by atoms with van der Waals surface area (Å²) in [5.41, 5.74) is 1.00. The molecule has 1 aromatic rings. The Hall–Kier alpha value is -0.600. The van der Waals surface area contributed by atoms with E-state index < -0.39 is 0 Å². The lowest BCUT2D eigenvalue weighted by molar-refractivity contribution is 0.318. The summed E-state index contributed by atoms with van der Waals surface area (Å²) in [6.07, 6.45) is 4.28. The van der Waals surface area contributed by atoms with Gasteiger partial charge in [0.15, 0.2) is 0 Å². The first-order valence-electron chi connectivity index (χ1n) is 6.70. The minimum Gasteiger partial charge on any atom is -0.314 e. The van der Waals surface area contributed by atoms with Gasteiger partial charge in [-0.05, 0) is 55.3 Å². The first-order chi connectivity index (χ1) is 8.52. The molecule has 1 aromatic carbocycles. The van der Waals surface area contributed by atoms with Crippen molar-refractivity contribution in [3.05, 3.63) is 34.6 Å². The van der Waals surface area contributed by atoms with E-state index in [2.05, 4.69) is 19.2 Å². The number of halogens is 2. The van der Waals surface area contributed by atoms with Crippen LogP contribution in [0.15, 0.2) is 18.2 Å². The van der Waals surface area contributed by atoms with Crippen molar-refractivity contribution in [3.63, 3.8) is 0 Å². The fourth-order valence-electron chi connectivity index (χ4n) is 3.07. The normalized spacial score (nSPS) is 27.7. The Morgan fingerprint density at radius 3 is 2.94 bits per heavy atom. The molecular formula is C15H21ClFN. The smallest absolute Gasteiger partial charge is 0.127 e. The zero-order valence-corrected chi connectivity index (χ0v) is 11.9. The Morgan fingerprint density at radius 1 is 1.50 bits per heavy atom. The molecule has 1 fully saturated rings. The number of hydrogen-bond acceptors (Lipinski definition) is 1. The zero-order chi connectivity index (χ0) is 13.2. The van der Waals surface area contributed by atoms with Gasteiger partial charge in [-0.2, -0.15) is 0 Å². The van der Waals surface area contributed by atoms with Gasteiger partial charge in [-0.25, -0.2) is 4.39 Å². The van der Waals surface area contributed by atoms with Crippen LogP contribution in [0.4, 0.5) is 4.39 Å². The molecule has 0 heterocycles. The van der Waals surface area contributed by atoms with Crippen LogP contribution in [0.5, 0.6) is 0 Å². The summed E-state index contributed by atoms with van der Waals surface area (Å²) >= 11 is 5.78. The second kappa shape index (κ2) is 5.58. The molecule has 0 saturated heterocycles. The van der Waals surface area contributed by atoms with Gasteiger partial charge in [0.25, 0.3) is 0 Å². The van der Waals surface area contributed by atoms with E-state index in [9.17, 15) is 4.39 Å². The van der Waals surface area contributed by atoms with E-state index in [-0.39, 0.29) is 11.2 Å². The van der Waals surface area contributed by atoms with E-state index >= 15 is 0 Å². The molecule has 1 aliphatic rings. The van der Waals surface area contributed by atoms with E-state index in [4.69, 9.17) is 11.6 Å². The number of rotatable bonds is 4. The van der Waals surface area contributed by atoms with E-state index in [0.29, 0.717) is 11.1 Å². The third kappa shape index (κ3) is 3.24. The predicted octanol–water partition coefficient (Wildman–Crippen LogP) is 4.19. The van der Waals surface area contributed by atoms with Gasteiger partial charge in [-0.3, -0.25) is 0 Å². The summed E-state index contributed by atoms with van der Waals surface area (Å²) in [5.74, 6) is -0.171. The average molecular weight is 270 g/mol. The molecule has 0 bridgehead atoms. The molecule has 0 aromatic heterocycles. The molecule has 0 radical (unpaired) electrons. The maximum absolute atomic E-state index is 13.8. The highest BCUT2D eigenvalue weighted by atomic mass is 35.5. The summed E-state index contributed by atoms with van der Waals surface area (Å²) in [6, 6.07) is 5.61. The Morgan fingerprint density at radius 2 is 2.28 bits per heavy atom. The monoisotopic (exact) mass is 269 g/mol. The molecule has 1 nitrogen and oxygen atoms in total. The van der Waals surface area contributed by atoms with Crippen molar-refractivity contribution < 1.29 is 4.39 Å². The highest BCUT2D eigenvalue weighted by Gasteiger charge is 2.35. The standard InChI is InChI=1S/C15H21ClFN/c1-3-18-13-6-7-15(2,10-13)9-11-4-5-12(16)8-14(11)17/h4-5,8,13,18H,3,6-7,9-10H2,1-2H3. The molecule has 2 unspecified atom stereocenters. The quantitative estimate of drug-likeness (QED) is 0.864. The van der Waals surface area contributed by atoms with Crippen LogP contribution in [0, 0.1) is 11.2 Å². The summed E-state index contributed by atoms with van der Waals surface area (Å²) in [7, 11) is 0. The number of hydrogen-bond donors (Lipinski definition) is 1. The van der Waals surface area contributed by atoms with Gasteiger partial charge < -0.3 is 5.32 Å². The Bertz CT molecular complexity index is 421. The second-order valence-corrected chi connectivity index (χ2v) is 6.16.